The lowest BCUT2D eigenvalue weighted by molar-refractivity contribution is -0.410. The lowest BCUT2D eigenvalue weighted by Gasteiger charge is -2.09. The van der Waals surface area contributed by atoms with Gasteiger partial charge in [0, 0.05) is 18.0 Å². The summed E-state index contributed by atoms with van der Waals surface area (Å²) in [4.78, 5) is 5.57. The minimum Gasteiger partial charge on any atom is -0.347 e. The molecule has 0 aliphatic carbocycles. The molecule has 0 radical (unpaired) electrons. The summed E-state index contributed by atoms with van der Waals surface area (Å²) >= 11 is 1.81. The van der Waals surface area contributed by atoms with Crippen LogP contribution in [0.4, 0.5) is 0 Å². The van der Waals surface area contributed by atoms with Gasteiger partial charge < -0.3 is 5.73 Å². The summed E-state index contributed by atoms with van der Waals surface area (Å²) in [5.41, 5.74) is 6.95. The van der Waals surface area contributed by atoms with Crippen molar-refractivity contribution in [1.82, 2.24) is 4.98 Å². The summed E-state index contributed by atoms with van der Waals surface area (Å²) in [5.74, 6) is 0. The Morgan fingerprint density at radius 1 is 1.41 bits per heavy atom. The minimum atomic E-state index is 0.218. The van der Waals surface area contributed by atoms with E-state index in [1.54, 1.807) is 0 Å². The third-order valence-electron chi connectivity index (χ3n) is 2.98. The highest BCUT2D eigenvalue weighted by Gasteiger charge is 2.17. The zero-order chi connectivity index (χ0) is 12.1. The van der Waals surface area contributed by atoms with Crippen molar-refractivity contribution in [2.24, 2.45) is 0 Å². The number of pyridine rings is 1. The van der Waals surface area contributed by atoms with Crippen LogP contribution in [-0.4, -0.2) is 4.98 Å². The fraction of sp³-hybridized carbons (Fsp3) is 0.357. The third-order valence-corrected chi connectivity index (χ3v) is 4.06. The van der Waals surface area contributed by atoms with Crippen LogP contribution in [0.25, 0.3) is 0 Å². The number of nitrogens with zero attached hydrogens (tertiary/aromatic N) is 1. The molecule has 1 unspecified atom stereocenters. The molecule has 2 aromatic rings. The van der Waals surface area contributed by atoms with Gasteiger partial charge in [0.25, 0.3) is 0 Å². The van der Waals surface area contributed by atoms with Crippen molar-refractivity contribution in [2.45, 2.75) is 32.2 Å². The average Bonchev–Trinajstić information content (AvgIpc) is 2.84. The van der Waals surface area contributed by atoms with Crippen molar-refractivity contribution in [2.75, 3.05) is 0 Å². The van der Waals surface area contributed by atoms with Crippen molar-refractivity contribution >= 4 is 11.3 Å². The summed E-state index contributed by atoms with van der Waals surface area (Å²) < 4.78 is 0. The highest BCUT2D eigenvalue weighted by atomic mass is 32.1. The van der Waals surface area contributed by atoms with Gasteiger partial charge in [-0.2, -0.15) is 0 Å². The number of unbranched alkanes of at least 4 members (excludes halogenated alkanes) is 1. The molecular weight excluding hydrogens is 228 g/mol. The Balaban J connectivity index is 2.19. The maximum atomic E-state index is 4.29. The van der Waals surface area contributed by atoms with Crippen LogP contribution >= 0.6 is 11.3 Å². The number of rotatable bonds is 5. The van der Waals surface area contributed by atoms with Gasteiger partial charge in [0.2, 0.25) is 0 Å². The first kappa shape index (κ1) is 12.3. The first-order valence-corrected chi connectivity index (χ1v) is 7.00. The summed E-state index contributed by atoms with van der Waals surface area (Å²) in [5, 5.41) is 2.18. The van der Waals surface area contributed by atoms with E-state index in [1.807, 2.05) is 29.8 Å². The predicted octanol–water partition coefficient (Wildman–Crippen LogP) is 2.82. The summed E-state index contributed by atoms with van der Waals surface area (Å²) in [7, 11) is 0. The Kier molecular flexibility index (Phi) is 4.29. The van der Waals surface area contributed by atoms with E-state index in [2.05, 4.69) is 35.2 Å². The monoisotopic (exact) mass is 247 g/mol. The highest BCUT2D eigenvalue weighted by Crippen LogP contribution is 2.27. The van der Waals surface area contributed by atoms with E-state index in [9.17, 15) is 0 Å². The molecule has 17 heavy (non-hydrogen) atoms. The lowest BCUT2D eigenvalue weighted by Crippen LogP contribution is -2.54. The number of hydrogen-bond acceptors (Lipinski definition) is 2. The van der Waals surface area contributed by atoms with Crippen molar-refractivity contribution in [3.8, 4) is 0 Å². The molecule has 0 aliphatic heterocycles. The number of quaternary nitrogens is 1. The van der Waals surface area contributed by atoms with E-state index in [0.717, 1.165) is 0 Å². The molecule has 0 aromatic carbocycles. The van der Waals surface area contributed by atoms with Crippen molar-refractivity contribution < 1.29 is 5.73 Å². The van der Waals surface area contributed by atoms with Gasteiger partial charge in [-0.05, 0) is 42.0 Å². The summed E-state index contributed by atoms with van der Waals surface area (Å²) in [6, 6.07) is 6.54. The Hall–Kier alpha value is -1.19. The van der Waals surface area contributed by atoms with Crippen LogP contribution in [0.15, 0.2) is 36.0 Å². The maximum absolute atomic E-state index is 4.29. The SMILES string of the molecule is CCCCc1ccsc1C([NH3+])c1cccnc1. The number of aryl methyl sites for hydroxylation is 1. The molecule has 0 spiro atoms. The summed E-state index contributed by atoms with van der Waals surface area (Å²) in [6.45, 7) is 2.23. The fourth-order valence-corrected chi connectivity index (χ4v) is 2.96. The van der Waals surface area contributed by atoms with Crippen molar-refractivity contribution in [3.63, 3.8) is 0 Å². The summed E-state index contributed by atoms with van der Waals surface area (Å²) in [6.07, 6.45) is 7.39. The number of aromatic nitrogens is 1. The maximum Gasteiger partial charge on any atom is 0.147 e. The van der Waals surface area contributed by atoms with Crippen molar-refractivity contribution in [1.29, 1.82) is 0 Å². The average molecular weight is 247 g/mol. The van der Waals surface area contributed by atoms with Crippen LogP contribution in [0.5, 0.6) is 0 Å². The van der Waals surface area contributed by atoms with Crippen LogP contribution in [0.1, 0.15) is 41.8 Å². The Labute approximate surface area is 107 Å². The highest BCUT2D eigenvalue weighted by molar-refractivity contribution is 7.10. The molecule has 2 heterocycles. The zero-order valence-electron chi connectivity index (χ0n) is 10.2. The normalized spacial score (nSPS) is 12.6. The third kappa shape index (κ3) is 2.93. The molecule has 0 aliphatic rings. The van der Waals surface area contributed by atoms with Crippen LogP contribution in [-0.2, 0) is 6.42 Å². The lowest BCUT2D eigenvalue weighted by atomic mass is 10.0. The molecule has 1 atom stereocenters. The van der Waals surface area contributed by atoms with E-state index >= 15 is 0 Å². The second-order valence-corrected chi connectivity index (χ2v) is 5.20. The van der Waals surface area contributed by atoms with Gasteiger partial charge in [-0.3, -0.25) is 4.98 Å². The molecule has 3 heteroatoms. The van der Waals surface area contributed by atoms with Gasteiger partial charge in [-0.1, -0.05) is 13.3 Å². The van der Waals surface area contributed by atoms with Crippen LogP contribution < -0.4 is 5.73 Å². The number of thiophene rings is 1. The Bertz CT molecular complexity index is 450. The largest absolute Gasteiger partial charge is 0.347 e. The van der Waals surface area contributed by atoms with Crippen molar-refractivity contribution in [3.05, 3.63) is 52.0 Å². The van der Waals surface area contributed by atoms with Gasteiger partial charge in [-0.15, -0.1) is 11.3 Å². The van der Waals surface area contributed by atoms with Crippen LogP contribution in [0, 0.1) is 0 Å². The molecule has 90 valence electrons. The Morgan fingerprint density at radius 3 is 3.00 bits per heavy atom. The minimum absolute atomic E-state index is 0.218. The van der Waals surface area contributed by atoms with Crippen LogP contribution in [0.2, 0.25) is 0 Å². The Morgan fingerprint density at radius 2 is 2.29 bits per heavy atom. The molecule has 2 rings (SSSR count). The topological polar surface area (TPSA) is 40.5 Å². The smallest absolute Gasteiger partial charge is 0.147 e. The van der Waals surface area contributed by atoms with E-state index in [-0.39, 0.29) is 6.04 Å². The van der Waals surface area contributed by atoms with Gasteiger partial charge in [0.15, 0.2) is 0 Å². The molecule has 3 N–H and O–H groups in total. The van der Waals surface area contributed by atoms with E-state index in [1.165, 1.54) is 35.3 Å². The first-order chi connectivity index (χ1) is 8.33. The van der Waals surface area contributed by atoms with E-state index < -0.39 is 0 Å². The van der Waals surface area contributed by atoms with Crippen LogP contribution in [0.3, 0.4) is 0 Å². The molecule has 0 fully saturated rings. The second-order valence-electron chi connectivity index (χ2n) is 4.25. The van der Waals surface area contributed by atoms with Gasteiger partial charge >= 0.3 is 0 Å². The predicted molar refractivity (Wildman–Crippen MR) is 71.9 cm³/mol. The van der Waals surface area contributed by atoms with E-state index in [4.69, 9.17) is 0 Å². The fourth-order valence-electron chi connectivity index (χ4n) is 1.96. The molecule has 0 saturated heterocycles. The van der Waals surface area contributed by atoms with Gasteiger partial charge in [0.1, 0.15) is 6.04 Å². The second kappa shape index (κ2) is 5.94. The number of hydrogen-bond donors (Lipinski definition) is 1. The molecule has 2 aromatic heterocycles. The molecule has 2 nitrogen and oxygen atoms in total. The van der Waals surface area contributed by atoms with Gasteiger partial charge in [0.05, 0.1) is 4.88 Å². The zero-order valence-corrected chi connectivity index (χ0v) is 11.0. The van der Waals surface area contributed by atoms with E-state index in [0.29, 0.717) is 0 Å². The molecular formula is C14H19N2S+. The first-order valence-electron chi connectivity index (χ1n) is 6.12. The standard InChI is InChI=1S/C14H18N2S/c1-2-3-5-11-7-9-17-14(11)13(15)12-6-4-8-16-10-12/h4,6-10,13H,2-3,5,15H2,1H3/p+1. The van der Waals surface area contributed by atoms with Gasteiger partial charge in [-0.25, -0.2) is 0 Å². The quantitative estimate of drug-likeness (QED) is 0.867. The molecule has 0 amide bonds. The molecule has 0 bridgehead atoms. The molecule has 0 saturated carbocycles.